The Labute approximate surface area is 83.5 Å². The van der Waals surface area contributed by atoms with Gasteiger partial charge in [-0.3, -0.25) is 5.10 Å². The fraction of sp³-hybridized carbons (Fsp3) is 0.222. The van der Waals surface area contributed by atoms with E-state index in [2.05, 4.69) is 5.10 Å². The van der Waals surface area contributed by atoms with Gasteiger partial charge >= 0.3 is 6.18 Å². The van der Waals surface area contributed by atoms with Gasteiger partial charge in [0.05, 0.1) is 5.69 Å². The van der Waals surface area contributed by atoms with Gasteiger partial charge in [-0.05, 0) is 18.2 Å². The van der Waals surface area contributed by atoms with Crippen LogP contribution in [0.2, 0.25) is 0 Å². The van der Waals surface area contributed by atoms with Crippen LogP contribution >= 0.6 is 0 Å². The fourth-order valence-electron chi connectivity index (χ4n) is 1.33. The molecule has 3 nitrogen and oxygen atoms in total. The summed E-state index contributed by atoms with van der Waals surface area (Å²) in [6.45, 7) is 0. The molecule has 80 valence electrons. The van der Waals surface area contributed by atoms with Crippen LogP contribution in [0.4, 0.5) is 13.2 Å². The van der Waals surface area contributed by atoms with E-state index >= 15 is 0 Å². The molecule has 0 aliphatic heterocycles. The fourth-order valence-corrected chi connectivity index (χ4v) is 1.33. The van der Waals surface area contributed by atoms with Crippen LogP contribution in [0, 0.1) is 0 Å². The van der Waals surface area contributed by atoms with E-state index in [-0.39, 0.29) is 5.69 Å². The maximum Gasteiger partial charge on any atom is 0.432 e. The van der Waals surface area contributed by atoms with Gasteiger partial charge < -0.3 is 4.57 Å². The molecule has 0 unspecified atom stereocenters. The molecule has 6 heteroatoms. The lowest BCUT2D eigenvalue weighted by atomic mass is 10.3. The number of hydrogen-bond donors (Lipinski definition) is 1. The molecule has 0 atom stereocenters. The van der Waals surface area contributed by atoms with E-state index in [0.717, 1.165) is 6.07 Å². The molecule has 0 bridgehead atoms. The SMILES string of the molecule is Cn1cccc1-c1cc(C(F)(F)F)[nH]n1. The van der Waals surface area contributed by atoms with Gasteiger partial charge in [-0.2, -0.15) is 18.3 Å². The molecule has 0 amide bonds. The average molecular weight is 215 g/mol. The summed E-state index contributed by atoms with van der Waals surface area (Å²) >= 11 is 0. The molecule has 15 heavy (non-hydrogen) atoms. The molecule has 0 saturated carbocycles. The summed E-state index contributed by atoms with van der Waals surface area (Å²) in [6.07, 6.45) is -2.63. The zero-order valence-corrected chi connectivity index (χ0v) is 7.84. The van der Waals surface area contributed by atoms with E-state index in [1.165, 1.54) is 0 Å². The first-order valence-electron chi connectivity index (χ1n) is 4.23. The van der Waals surface area contributed by atoms with Crippen molar-refractivity contribution in [3.63, 3.8) is 0 Å². The molecule has 2 aromatic heterocycles. The lowest BCUT2D eigenvalue weighted by molar-refractivity contribution is -0.141. The van der Waals surface area contributed by atoms with Crippen molar-refractivity contribution < 1.29 is 13.2 Å². The number of H-pyrrole nitrogens is 1. The van der Waals surface area contributed by atoms with Gasteiger partial charge in [-0.1, -0.05) is 0 Å². The first-order valence-corrected chi connectivity index (χ1v) is 4.23. The molecule has 0 aromatic carbocycles. The van der Waals surface area contributed by atoms with Crippen molar-refractivity contribution in [2.45, 2.75) is 6.18 Å². The number of aryl methyl sites for hydroxylation is 1. The van der Waals surface area contributed by atoms with Crippen molar-refractivity contribution >= 4 is 0 Å². The van der Waals surface area contributed by atoms with Crippen LogP contribution in [0.15, 0.2) is 24.4 Å². The van der Waals surface area contributed by atoms with Crippen LogP contribution in [0.25, 0.3) is 11.4 Å². The first kappa shape index (κ1) is 9.82. The third-order valence-electron chi connectivity index (χ3n) is 2.09. The second-order valence-electron chi connectivity index (χ2n) is 3.17. The van der Waals surface area contributed by atoms with Crippen molar-refractivity contribution in [3.05, 3.63) is 30.1 Å². The maximum atomic E-state index is 12.3. The third-order valence-corrected chi connectivity index (χ3v) is 2.09. The normalized spacial score (nSPS) is 12.0. The molecular formula is C9H8F3N3. The van der Waals surface area contributed by atoms with Crippen molar-refractivity contribution in [1.82, 2.24) is 14.8 Å². The van der Waals surface area contributed by atoms with Crippen LogP contribution in [0.3, 0.4) is 0 Å². The highest BCUT2D eigenvalue weighted by atomic mass is 19.4. The Balaban J connectivity index is 2.41. The minimum absolute atomic E-state index is 0.287. The van der Waals surface area contributed by atoms with Crippen molar-refractivity contribution in [1.29, 1.82) is 0 Å². The second kappa shape index (κ2) is 3.15. The Morgan fingerprint density at radius 2 is 2.13 bits per heavy atom. The van der Waals surface area contributed by atoms with E-state index < -0.39 is 11.9 Å². The summed E-state index contributed by atoms with van der Waals surface area (Å²) < 4.78 is 38.5. The molecule has 0 saturated heterocycles. The van der Waals surface area contributed by atoms with Crippen LogP contribution in [-0.2, 0) is 13.2 Å². The minimum atomic E-state index is -4.38. The van der Waals surface area contributed by atoms with Gasteiger partial charge in [-0.25, -0.2) is 0 Å². The Morgan fingerprint density at radius 1 is 1.40 bits per heavy atom. The van der Waals surface area contributed by atoms with Crippen LogP contribution in [-0.4, -0.2) is 14.8 Å². The number of nitrogens with zero attached hydrogens (tertiary/aromatic N) is 2. The van der Waals surface area contributed by atoms with Crippen molar-refractivity contribution in [2.75, 3.05) is 0 Å². The molecule has 0 aliphatic carbocycles. The summed E-state index contributed by atoms with van der Waals surface area (Å²) in [7, 11) is 1.75. The molecule has 2 rings (SSSR count). The van der Waals surface area contributed by atoms with E-state index in [4.69, 9.17) is 0 Å². The summed E-state index contributed by atoms with van der Waals surface area (Å²) in [4.78, 5) is 0. The smallest absolute Gasteiger partial charge is 0.349 e. The average Bonchev–Trinajstić information content (AvgIpc) is 2.69. The highest BCUT2D eigenvalue weighted by Crippen LogP contribution is 2.30. The number of aromatic amines is 1. The number of alkyl halides is 3. The van der Waals surface area contributed by atoms with E-state index in [1.807, 2.05) is 5.10 Å². The number of hydrogen-bond acceptors (Lipinski definition) is 1. The lowest BCUT2D eigenvalue weighted by Gasteiger charge is -2.00. The number of nitrogens with one attached hydrogen (secondary N) is 1. The molecule has 2 heterocycles. The first-order chi connectivity index (χ1) is 6.98. The Hall–Kier alpha value is -1.72. The lowest BCUT2D eigenvalue weighted by Crippen LogP contribution is -2.04. The highest BCUT2D eigenvalue weighted by Gasteiger charge is 2.33. The van der Waals surface area contributed by atoms with Gasteiger partial charge in [-0.15, -0.1) is 0 Å². The predicted octanol–water partition coefficient (Wildman–Crippen LogP) is 2.43. The van der Waals surface area contributed by atoms with Crippen LogP contribution < -0.4 is 0 Å². The largest absolute Gasteiger partial charge is 0.432 e. The molecule has 2 aromatic rings. The van der Waals surface area contributed by atoms with Crippen LogP contribution in [0.5, 0.6) is 0 Å². The standard InChI is InChI=1S/C9H8F3N3/c1-15-4-2-3-7(15)6-5-8(14-13-6)9(10,11)12/h2-5H,1H3,(H,13,14). The van der Waals surface area contributed by atoms with Crippen molar-refractivity contribution in [2.24, 2.45) is 7.05 Å². The molecule has 0 aliphatic rings. The third kappa shape index (κ3) is 1.74. The summed E-state index contributed by atoms with van der Waals surface area (Å²) in [5.74, 6) is 0. The summed E-state index contributed by atoms with van der Waals surface area (Å²) in [6, 6.07) is 4.45. The van der Waals surface area contributed by atoms with Crippen LogP contribution in [0.1, 0.15) is 5.69 Å². The summed E-state index contributed by atoms with van der Waals surface area (Å²) in [5.41, 5.74) is 0.0928. The molecular weight excluding hydrogens is 207 g/mol. The number of aromatic nitrogens is 3. The zero-order valence-electron chi connectivity index (χ0n) is 7.84. The Kier molecular flexibility index (Phi) is 2.06. The quantitative estimate of drug-likeness (QED) is 0.778. The maximum absolute atomic E-state index is 12.3. The molecule has 0 spiro atoms. The molecule has 0 radical (unpaired) electrons. The number of rotatable bonds is 1. The van der Waals surface area contributed by atoms with E-state index in [0.29, 0.717) is 5.69 Å². The molecule has 0 fully saturated rings. The summed E-state index contributed by atoms with van der Waals surface area (Å²) in [5, 5.41) is 5.59. The predicted molar refractivity (Wildman–Crippen MR) is 48.0 cm³/mol. The van der Waals surface area contributed by atoms with Gasteiger partial charge in [0, 0.05) is 13.2 Å². The van der Waals surface area contributed by atoms with Crippen molar-refractivity contribution in [3.8, 4) is 11.4 Å². The highest BCUT2D eigenvalue weighted by molar-refractivity contribution is 5.55. The van der Waals surface area contributed by atoms with E-state index in [1.54, 1.807) is 29.9 Å². The van der Waals surface area contributed by atoms with Gasteiger partial charge in [0.2, 0.25) is 0 Å². The topological polar surface area (TPSA) is 33.6 Å². The van der Waals surface area contributed by atoms with Gasteiger partial charge in [0.15, 0.2) is 0 Å². The Bertz CT molecular complexity index is 467. The Morgan fingerprint density at radius 3 is 2.60 bits per heavy atom. The second-order valence-corrected chi connectivity index (χ2v) is 3.17. The van der Waals surface area contributed by atoms with Gasteiger partial charge in [0.25, 0.3) is 0 Å². The van der Waals surface area contributed by atoms with Gasteiger partial charge in [0.1, 0.15) is 11.4 Å². The zero-order chi connectivity index (χ0) is 11.1. The minimum Gasteiger partial charge on any atom is -0.349 e. The molecule has 1 N–H and O–H groups in total. The number of halogens is 3. The monoisotopic (exact) mass is 215 g/mol. The van der Waals surface area contributed by atoms with E-state index in [9.17, 15) is 13.2 Å².